The molecular formula is C28H34ClN5O. The van der Waals surface area contributed by atoms with E-state index in [2.05, 4.69) is 20.1 Å². The summed E-state index contributed by atoms with van der Waals surface area (Å²) in [6.45, 7) is 6.87. The Bertz CT molecular complexity index is 1190. The first kappa shape index (κ1) is 24.0. The monoisotopic (exact) mass is 491 g/mol. The summed E-state index contributed by atoms with van der Waals surface area (Å²) >= 11 is 6.40. The van der Waals surface area contributed by atoms with Crippen molar-refractivity contribution in [2.45, 2.75) is 38.8 Å². The average Bonchev–Trinajstić information content (AvgIpc) is 3.36. The molecule has 2 aromatic carbocycles. The zero-order chi connectivity index (χ0) is 24.2. The number of amides is 1. The highest BCUT2D eigenvalue weighted by Crippen LogP contribution is 2.26. The molecule has 5 rings (SSSR count). The van der Waals surface area contributed by atoms with Crippen LogP contribution < -0.4 is 11.1 Å². The van der Waals surface area contributed by atoms with Gasteiger partial charge in [-0.2, -0.15) is 0 Å². The minimum absolute atomic E-state index is 0.121. The second kappa shape index (κ2) is 10.9. The van der Waals surface area contributed by atoms with Crippen molar-refractivity contribution in [1.29, 1.82) is 0 Å². The van der Waals surface area contributed by atoms with Gasteiger partial charge in [0.2, 0.25) is 0 Å². The van der Waals surface area contributed by atoms with Crippen molar-refractivity contribution < 1.29 is 4.79 Å². The predicted octanol–water partition coefficient (Wildman–Crippen LogP) is 4.71. The smallest absolute Gasteiger partial charge is 0.251 e. The molecule has 1 saturated carbocycles. The highest BCUT2D eigenvalue weighted by molar-refractivity contribution is 6.31. The number of fused-ring (bicyclic) bond motifs is 1. The molecule has 3 aromatic rings. The number of carbonyl (C=O) groups is 1. The highest BCUT2D eigenvalue weighted by atomic mass is 35.5. The molecule has 0 radical (unpaired) electrons. The van der Waals surface area contributed by atoms with Gasteiger partial charge in [-0.1, -0.05) is 36.6 Å². The van der Waals surface area contributed by atoms with Crippen molar-refractivity contribution in [3.05, 3.63) is 70.4 Å². The standard InChI is InChI=1S/C28H34ClN5O/c29-25-15-22(19-34-11-9-33(10-12-34)18-20-3-1-2-4-20)14-24(16-25)28(35)32-17-21-5-6-26-23(13-21)7-8-31-27(26)30/h5-8,13-16,20H,1-4,9-12,17-19H2,(H2,30,31)(H,32,35). The Morgan fingerprint density at radius 2 is 1.77 bits per heavy atom. The summed E-state index contributed by atoms with van der Waals surface area (Å²) in [5, 5.41) is 5.56. The van der Waals surface area contributed by atoms with Crippen LogP contribution >= 0.6 is 11.6 Å². The van der Waals surface area contributed by atoms with Gasteiger partial charge in [-0.25, -0.2) is 4.98 Å². The van der Waals surface area contributed by atoms with E-state index in [4.69, 9.17) is 17.3 Å². The maximum atomic E-state index is 12.9. The lowest BCUT2D eigenvalue weighted by Crippen LogP contribution is -2.47. The van der Waals surface area contributed by atoms with Crippen LogP contribution in [0.3, 0.4) is 0 Å². The Balaban J connectivity index is 1.16. The van der Waals surface area contributed by atoms with E-state index in [0.29, 0.717) is 22.9 Å². The van der Waals surface area contributed by atoms with Gasteiger partial charge in [0.05, 0.1) is 0 Å². The number of nitrogen functional groups attached to an aromatic ring is 1. The minimum Gasteiger partial charge on any atom is -0.383 e. The number of hydrogen-bond acceptors (Lipinski definition) is 5. The first-order chi connectivity index (χ1) is 17.0. The summed E-state index contributed by atoms with van der Waals surface area (Å²) in [6.07, 6.45) is 7.32. The molecule has 2 fully saturated rings. The summed E-state index contributed by atoms with van der Waals surface area (Å²) in [5.41, 5.74) is 8.63. The fourth-order valence-electron chi connectivity index (χ4n) is 5.46. The number of anilines is 1. The van der Waals surface area contributed by atoms with E-state index in [1.54, 1.807) is 12.3 Å². The van der Waals surface area contributed by atoms with Gasteiger partial charge in [-0.15, -0.1) is 0 Å². The fraction of sp³-hybridized carbons (Fsp3) is 0.429. The summed E-state index contributed by atoms with van der Waals surface area (Å²) in [5.74, 6) is 1.30. The van der Waals surface area contributed by atoms with Gasteiger partial charge in [0.25, 0.3) is 5.91 Å². The summed E-state index contributed by atoms with van der Waals surface area (Å²) in [7, 11) is 0. The molecule has 0 bridgehead atoms. The number of pyridine rings is 1. The van der Waals surface area contributed by atoms with E-state index >= 15 is 0 Å². The van der Waals surface area contributed by atoms with E-state index in [0.717, 1.165) is 60.5 Å². The van der Waals surface area contributed by atoms with Gasteiger partial charge < -0.3 is 16.0 Å². The molecule has 184 valence electrons. The number of halogens is 1. The van der Waals surface area contributed by atoms with Crippen LogP contribution in [-0.4, -0.2) is 53.4 Å². The lowest BCUT2D eigenvalue weighted by molar-refractivity contribution is 0.0950. The third-order valence-corrected chi connectivity index (χ3v) is 7.61. The molecule has 2 heterocycles. The Morgan fingerprint density at radius 1 is 1.00 bits per heavy atom. The fourth-order valence-corrected chi connectivity index (χ4v) is 5.72. The van der Waals surface area contributed by atoms with E-state index in [-0.39, 0.29) is 5.91 Å². The zero-order valence-corrected chi connectivity index (χ0v) is 20.9. The molecular weight excluding hydrogens is 458 g/mol. The molecule has 2 aliphatic rings. The molecule has 6 nitrogen and oxygen atoms in total. The van der Waals surface area contributed by atoms with Crippen molar-refractivity contribution in [1.82, 2.24) is 20.1 Å². The number of rotatable bonds is 7. The normalized spacial score (nSPS) is 17.7. The lowest BCUT2D eigenvalue weighted by Gasteiger charge is -2.36. The van der Waals surface area contributed by atoms with Gasteiger partial charge in [-0.3, -0.25) is 9.69 Å². The van der Waals surface area contributed by atoms with E-state index in [9.17, 15) is 4.79 Å². The third-order valence-electron chi connectivity index (χ3n) is 7.39. The van der Waals surface area contributed by atoms with Gasteiger partial charge in [0.15, 0.2) is 0 Å². The van der Waals surface area contributed by atoms with Crippen LogP contribution in [0.1, 0.15) is 47.2 Å². The Kier molecular flexibility index (Phi) is 7.51. The molecule has 35 heavy (non-hydrogen) atoms. The van der Waals surface area contributed by atoms with Crippen molar-refractivity contribution in [3.63, 3.8) is 0 Å². The lowest BCUT2D eigenvalue weighted by atomic mass is 10.1. The van der Waals surface area contributed by atoms with Gasteiger partial charge in [-0.05, 0) is 65.6 Å². The summed E-state index contributed by atoms with van der Waals surface area (Å²) < 4.78 is 0. The molecule has 0 atom stereocenters. The first-order valence-electron chi connectivity index (χ1n) is 12.7. The van der Waals surface area contributed by atoms with Crippen molar-refractivity contribution in [2.75, 3.05) is 38.5 Å². The first-order valence-corrected chi connectivity index (χ1v) is 13.1. The number of nitrogens with one attached hydrogen (secondary N) is 1. The maximum absolute atomic E-state index is 12.9. The molecule has 1 saturated heterocycles. The van der Waals surface area contributed by atoms with Gasteiger partial charge in [0, 0.05) is 68.0 Å². The van der Waals surface area contributed by atoms with E-state index < -0.39 is 0 Å². The van der Waals surface area contributed by atoms with Crippen LogP contribution in [0.2, 0.25) is 5.02 Å². The molecule has 0 spiro atoms. The van der Waals surface area contributed by atoms with Crippen molar-refractivity contribution >= 4 is 34.1 Å². The summed E-state index contributed by atoms with van der Waals surface area (Å²) in [4.78, 5) is 22.1. The molecule has 1 aliphatic carbocycles. The Hall–Kier alpha value is -2.67. The van der Waals surface area contributed by atoms with Crippen LogP contribution in [-0.2, 0) is 13.1 Å². The minimum atomic E-state index is -0.121. The zero-order valence-electron chi connectivity index (χ0n) is 20.2. The number of carbonyl (C=O) groups excluding carboxylic acids is 1. The maximum Gasteiger partial charge on any atom is 0.251 e. The Labute approximate surface area is 212 Å². The molecule has 1 aliphatic heterocycles. The molecule has 7 heteroatoms. The molecule has 3 N–H and O–H groups in total. The van der Waals surface area contributed by atoms with Crippen molar-refractivity contribution in [2.24, 2.45) is 5.92 Å². The third kappa shape index (κ3) is 6.13. The SMILES string of the molecule is Nc1nccc2cc(CNC(=O)c3cc(Cl)cc(CN4CCN(CC5CCCC5)CC4)c3)ccc12. The molecule has 1 aromatic heterocycles. The van der Waals surface area contributed by atoms with Gasteiger partial charge in [0.1, 0.15) is 5.82 Å². The van der Waals surface area contributed by atoms with Crippen LogP contribution in [0.25, 0.3) is 10.8 Å². The second-order valence-electron chi connectivity index (χ2n) is 10.0. The largest absolute Gasteiger partial charge is 0.383 e. The second-order valence-corrected chi connectivity index (χ2v) is 10.4. The number of nitrogens with zero attached hydrogens (tertiary/aromatic N) is 3. The summed E-state index contributed by atoms with van der Waals surface area (Å²) in [6, 6.07) is 13.6. The van der Waals surface area contributed by atoms with Crippen LogP contribution in [0, 0.1) is 5.92 Å². The van der Waals surface area contributed by atoms with Gasteiger partial charge >= 0.3 is 0 Å². The quantitative estimate of drug-likeness (QED) is 0.500. The topological polar surface area (TPSA) is 74.5 Å². The number of piperazine rings is 1. The van der Waals surface area contributed by atoms with E-state index in [1.807, 2.05) is 36.4 Å². The highest BCUT2D eigenvalue weighted by Gasteiger charge is 2.22. The predicted molar refractivity (Wildman–Crippen MR) is 142 cm³/mol. The number of hydrogen-bond donors (Lipinski definition) is 2. The number of nitrogens with two attached hydrogens (primary N) is 1. The Morgan fingerprint density at radius 3 is 2.57 bits per heavy atom. The number of benzene rings is 2. The van der Waals surface area contributed by atoms with Crippen molar-refractivity contribution in [3.8, 4) is 0 Å². The molecule has 1 amide bonds. The number of aromatic nitrogens is 1. The average molecular weight is 492 g/mol. The van der Waals surface area contributed by atoms with Crippen LogP contribution in [0.4, 0.5) is 5.82 Å². The van der Waals surface area contributed by atoms with E-state index in [1.165, 1.54) is 32.2 Å². The van der Waals surface area contributed by atoms with Crippen LogP contribution in [0.5, 0.6) is 0 Å². The van der Waals surface area contributed by atoms with Crippen LogP contribution in [0.15, 0.2) is 48.7 Å². The molecule has 0 unspecified atom stereocenters.